The molecule has 3 aromatic rings. The second kappa shape index (κ2) is 5.93. The molecule has 3 rings (SSSR count). The van der Waals surface area contributed by atoms with Crippen LogP contribution in [0, 0.1) is 6.92 Å². The second-order valence-electron chi connectivity index (χ2n) is 4.42. The molecule has 0 fully saturated rings. The SMILES string of the molecule is Cc1ccc(-c2nc(Cl)c(-c3ccc(Cl)cc3)c(Cl)n2)s1. The van der Waals surface area contributed by atoms with Gasteiger partial charge in [-0.2, -0.15) is 0 Å². The molecule has 0 aliphatic rings. The number of thiophene rings is 1. The third-order valence-corrected chi connectivity index (χ3v) is 4.71. The van der Waals surface area contributed by atoms with Gasteiger partial charge in [-0.1, -0.05) is 46.9 Å². The number of halogens is 3. The highest BCUT2D eigenvalue weighted by Crippen LogP contribution is 2.35. The first-order valence-corrected chi connectivity index (χ1v) is 8.05. The molecular formula is C15H9Cl3N2S. The predicted octanol–water partition coefficient (Wildman–Crippen LogP) is 6.14. The summed E-state index contributed by atoms with van der Waals surface area (Å²) in [6.45, 7) is 2.03. The maximum atomic E-state index is 6.30. The molecule has 0 spiro atoms. The van der Waals surface area contributed by atoms with Gasteiger partial charge in [0.2, 0.25) is 0 Å². The van der Waals surface area contributed by atoms with Crippen LogP contribution in [0.25, 0.3) is 21.8 Å². The van der Waals surface area contributed by atoms with Gasteiger partial charge in [0.1, 0.15) is 10.3 Å². The number of hydrogen-bond donors (Lipinski definition) is 0. The van der Waals surface area contributed by atoms with Gasteiger partial charge in [0.05, 0.1) is 10.4 Å². The van der Waals surface area contributed by atoms with Crippen LogP contribution < -0.4 is 0 Å². The van der Waals surface area contributed by atoms with E-state index in [9.17, 15) is 0 Å². The zero-order valence-electron chi connectivity index (χ0n) is 10.9. The van der Waals surface area contributed by atoms with E-state index in [1.54, 1.807) is 23.5 Å². The Morgan fingerprint density at radius 1 is 0.857 bits per heavy atom. The maximum absolute atomic E-state index is 6.30. The van der Waals surface area contributed by atoms with E-state index in [2.05, 4.69) is 9.97 Å². The van der Waals surface area contributed by atoms with Crippen molar-refractivity contribution in [2.75, 3.05) is 0 Å². The fourth-order valence-electron chi connectivity index (χ4n) is 1.93. The maximum Gasteiger partial charge on any atom is 0.172 e. The number of hydrogen-bond acceptors (Lipinski definition) is 3. The summed E-state index contributed by atoms with van der Waals surface area (Å²) in [5.74, 6) is 0.542. The highest BCUT2D eigenvalue weighted by atomic mass is 35.5. The summed E-state index contributed by atoms with van der Waals surface area (Å²) in [6, 6.07) is 11.2. The number of aromatic nitrogens is 2. The molecule has 0 radical (unpaired) electrons. The Balaban J connectivity index is 2.10. The molecule has 6 heteroatoms. The lowest BCUT2D eigenvalue weighted by molar-refractivity contribution is 1.19. The number of benzene rings is 1. The molecule has 2 heterocycles. The molecular weight excluding hydrogens is 347 g/mol. The topological polar surface area (TPSA) is 25.8 Å². The monoisotopic (exact) mass is 354 g/mol. The van der Waals surface area contributed by atoms with Gasteiger partial charge in [0.15, 0.2) is 5.82 Å². The minimum absolute atomic E-state index is 0.332. The highest BCUT2D eigenvalue weighted by Gasteiger charge is 2.15. The molecule has 2 aromatic heterocycles. The zero-order chi connectivity index (χ0) is 15.0. The molecule has 2 nitrogen and oxygen atoms in total. The van der Waals surface area contributed by atoms with E-state index in [0.717, 1.165) is 10.4 Å². The molecule has 0 aliphatic heterocycles. The van der Waals surface area contributed by atoms with Crippen molar-refractivity contribution in [3.63, 3.8) is 0 Å². The molecule has 106 valence electrons. The average molecular weight is 356 g/mol. The van der Waals surface area contributed by atoms with Crippen molar-refractivity contribution < 1.29 is 0 Å². The van der Waals surface area contributed by atoms with Crippen LogP contribution in [0.15, 0.2) is 36.4 Å². The lowest BCUT2D eigenvalue weighted by Gasteiger charge is -2.08. The first-order valence-electron chi connectivity index (χ1n) is 6.10. The molecule has 21 heavy (non-hydrogen) atoms. The van der Waals surface area contributed by atoms with Crippen LogP contribution in [-0.2, 0) is 0 Å². The summed E-state index contributed by atoms with van der Waals surface area (Å²) >= 11 is 20.1. The molecule has 0 saturated carbocycles. The van der Waals surface area contributed by atoms with E-state index >= 15 is 0 Å². The minimum Gasteiger partial charge on any atom is -0.215 e. The summed E-state index contributed by atoms with van der Waals surface area (Å²) in [5.41, 5.74) is 1.45. The normalized spacial score (nSPS) is 10.9. The van der Waals surface area contributed by atoms with Crippen LogP contribution in [-0.4, -0.2) is 9.97 Å². The first-order chi connectivity index (χ1) is 10.0. The minimum atomic E-state index is 0.332. The van der Waals surface area contributed by atoms with Gasteiger partial charge in [-0.25, -0.2) is 9.97 Å². The zero-order valence-corrected chi connectivity index (χ0v) is 14.0. The lowest BCUT2D eigenvalue weighted by Crippen LogP contribution is -1.93. The Labute approximate surface area is 141 Å². The van der Waals surface area contributed by atoms with Crippen LogP contribution >= 0.6 is 46.1 Å². The van der Waals surface area contributed by atoms with E-state index in [-0.39, 0.29) is 0 Å². The summed E-state index contributed by atoms with van der Waals surface area (Å²) in [7, 11) is 0. The second-order valence-corrected chi connectivity index (χ2v) is 6.86. The molecule has 0 atom stereocenters. The third-order valence-electron chi connectivity index (χ3n) is 2.91. The largest absolute Gasteiger partial charge is 0.215 e. The molecule has 0 aliphatic carbocycles. The van der Waals surface area contributed by atoms with Crippen molar-refractivity contribution in [1.29, 1.82) is 0 Å². The Morgan fingerprint density at radius 2 is 1.48 bits per heavy atom. The van der Waals surface area contributed by atoms with Gasteiger partial charge in [-0.15, -0.1) is 11.3 Å². The van der Waals surface area contributed by atoms with Crippen molar-refractivity contribution in [2.24, 2.45) is 0 Å². The highest BCUT2D eigenvalue weighted by molar-refractivity contribution is 7.15. The lowest BCUT2D eigenvalue weighted by atomic mass is 10.1. The van der Waals surface area contributed by atoms with Gasteiger partial charge in [0, 0.05) is 9.90 Å². The quantitative estimate of drug-likeness (QED) is 0.516. The standard InChI is InChI=1S/C15H9Cl3N2S/c1-8-2-7-11(21-8)15-19-13(17)12(14(18)20-15)9-3-5-10(16)6-4-9/h2-7H,1H3. The van der Waals surface area contributed by atoms with E-state index in [1.165, 1.54) is 4.88 Å². The number of nitrogens with zero attached hydrogens (tertiary/aromatic N) is 2. The summed E-state index contributed by atoms with van der Waals surface area (Å²) < 4.78 is 0. The van der Waals surface area contributed by atoms with Crippen LogP contribution in [0.4, 0.5) is 0 Å². The van der Waals surface area contributed by atoms with Gasteiger partial charge in [-0.3, -0.25) is 0 Å². The van der Waals surface area contributed by atoms with Crippen LogP contribution in [0.5, 0.6) is 0 Å². The van der Waals surface area contributed by atoms with Gasteiger partial charge < -0.3 is 0 Å². The number of aryl methyl sites for hydroxylation is 1. The summed E-state index contributed by atoms with van der Waals surface area (Å²) in [6.07, 6.45) is 0. The molecule has 0 amide bonds. The van der Waals surface area contributed by atoms with E-state index in [1.807, 2.05) is 31.2 Å². The molecule has 1 aromatic carbocycles. The van der Waals surface area contributed by atoms with Crippen LogP contribution in [0.2, 0.25) is 15.3 Å². The van der Waals surface area contributed by atoms with E-state index < -0.39 is 0 Å². The Kier molecular flexibility index (Phi) is 4.18. The van der Waals surface area contributed by atoms with Crippen molar-refractivity contribution >= 4 is 46.1 Å². The fourth-order valence-corrected chi connectivity index (χ4v) is 3.46. The van der Waals surface area contributed by atoms with Crippen molar-refractivity contribution in [3.05, 3.63) is 56.6 Å². The molecule has 0 bridgehead atoms. The Hall–Kier alpha value is -1.13. The van der Waals surface area contributed by atoms with Gasteiger partial charge in [-0.05, 0) is 36.8 Å². The van der Waals surface area contributed by atoms with Crippen molar-refractivity contribution in [2.45, 2.75) is 6.92 Å². The summed E-state index contributed by atoms with van der Waals surface area (Å²) in [4.78, 5) is 10.9. The average Bonchev–Trinajstić information content (AvgIpc) is 2.87. The smallest absolute Gasteiger partial charge is 0.172 e. The molecule has 0 saturated heterocycles. The first kappa shape index (κ1) is 14.8. The Morgan fingerprint density at radius 3 is 2.00 bits per heavy atom. The number of rotatable bonds is 2. The van der Waals surface area contributed by atoms with Gasteiger partial charge in [0.25, 0.3) is 0 Å². The van der Waals surface area contributed by atoms with E-state index in [4.69, 9.17) is 34.8 Å². The fraction of sp³-hybridized carbons (Fsp3) is 0.0667. The van der Waals surface area contributed by atoms with Crippen LogP contribution in [0.1, 0.15) is 4.88 Å². The Bertz CT molecular complexity index is 774. The molecule has 0 unspecified atom stereocenters. The van der Waals surface area contributed by atoms with E-state index in [0.29, 0.717) is 26.7 Å². The predicted molar refractivity (Wildman–Crippen MR) is 90.5 cm³/mol. The van der Waals surface area contributed by atoms with Crippen molar-refractivity contribution in [3.8, 4) is 21.8 Å². The van der Waals surface area contributed by atoms with Crippen LogP contribution in [0.3, 0.4) is 0 Å². The summed E-state index contributed by atoms with van der Waals surface area (Å²) in [5, 5.41) is 1.31. The molecule has 0 N–H and O–H groups in total. The van der Waals surface area contributed by atoms with Crippen molar-refractivity contribution in [1.82, 2.24) is 9.97 Å². The third kappa shape index (κ3) is 3.06. The van der Waals surface area contributed by atoms with Gasteiger partial charge >= 0.3 is 0 Å².